The molecule has 3 aliphatic heterocycles. The second-order valence-electron chi connectivity index (χ2n) is 5.95. The third kappa shape index (κ3) is 2.10. The average Bonchev–Trinajstić information content (AvgIpc) is 2.94. The quantitative estimate of drug-likeness (QED) is 0.885. The third-order valence-corrected chi connectivity index (χ3v) is 4.80. The zero-order chi connectivity index (χ0) is 12.7. The molecule has 19 heavy (non-hydrogen) atoms. The summed E-state index contributed by atoms with van der Waals surface area (Å²) in [6.45, 7) is 5.02. The molecule has 2 aromatic rings. The number of benzene rings is 1. The molecular formula is C15H20N4. The Morgan fingerprint density at radius 3 is 3.00 bits per heavy atom. The molecule has 0 amide bonds. The number of aromatic amines is 1. The highest BCUT2D eigenvalue weighted by atomic mass is 15.2. The maximum Gasteiger partial charge on any atom is 0.0670 e. The number of H-pyrrole nitrogens is 1. The van der Waals surface area contributed by atoms with Gasteiger partial charge >= 0.3 is 0 Å². The molecule has 4 nitrogen and oxygen atoms in total. The zero-order valence-corrected chi connectivity index (χ0v) is 11.1. The predicted molar refractivity (Wildman–Crippen MR) is 77.2 cm³/mol. The Balaban J connectivity index is 1.44. The van der Waals surface area contributed by atoms with Crippen LogP contribution in [0.1, 0.15) is 12.8 Å². The van der Waals surface area contributed by atoms with E-state index in [0.29, 0.717) is 0 Å². The number of fused-ring (bicyclic) bond motifs is 4. The van der Waals surface area contributed by atoms with Gasteiger partial charge in [-0.05, 0) is 56.0 Å². The van der Waals surface area contributed by atoms with Crippen molar-refractivity contribution in [3.63, 3.8) is 0 Å². The first-order valence-electron chi connectivity index (χ1n) is 7.28. The van der Waals surface area contributed by atoms with E-state index in [9.17, 15) is 0 Å². The molecule has 4 heteroatoms. The zero-order valence-electron chi connectivity index (χ0n) is 11.1. The Morgan fingerprint density at radius 2 is 2.21 bits per heavy atom. The van der Waals surface area contributed by atoms with E-state index in [2.05, 4.69) is 38.6 Å². The maximum absolute atomic E-state index is 4.06. The fourth-order valence-electron chi connectivity index (χ4n) is 3.61. The standard InChI is InChI=1S/C15H20N4/c1-2-14(7-15-12(1)9-17-18-15)16-8-13-10-19-5-3-11(13)4-6-19/h1-2,7,9,11,13,16H,3-6,8,10H2,(H,17,18)/t13-/m1/s1. The lowest BCUT2D eigenvalue weighted by Gasteiger charge is -2.45. The van der Waals surface area contributed by atoms with Crippen molar-refractivity contribution in [2.45, 2.75) is 12.8 Å². The number of hydrogen-bond donors (Lipinski definition) is 2. The van der Waals surface area contributed by atoms with Crippen molar-refractivity contribution in [1.29, 1.82) is 0 Å². The van der Waals surface area contributed by atoms with Gasteiger partial charge in [0.1, 0.15) is 0 Å². The van der Waals surface area contributed by atoms with Crippen molar-refractivity contribution in [2.24, 2.45) is 11.8 Å². The number of hydrogen-bond acceptors (Lipinski definition) is 3. The molecule has 1 aromatic heterocycles. The number of nitrogens with zero attached hydrogens (tertiary/aromatic N) is 2. The summed E-state index contributed by atoms with van der Waals surface area (Å²) in [7, 11) is 0. The Hall–Kier alpha value is -1.55. The van der Waals surface area contributed by atoms with Crippen LogP contribution in [0, 0.1) is 11.8 Å². The molecular weight excluding hydrogens is 236 g/mol. The third-order valence-electron chi connectivity index (χ3n) is 4.80. The van der Waals surface area contributed by atoms with Crippen LogP contribution in [0.2, 0.25) is 0 Å². The lowest BCUT2D eigenvalue weighted by Crippen LogP contribution is -2.49. The monoisotopic (exact) mass is 256 g/mol. The van der Waals surface area contributed by atoms with Crippen molar-refractivity contribution in [3.8, 4) is 0 Å². The minimum Gasteiger partial charge on any atom is -0.385 e. The minimum atomic E-state index is 0.819. The summed E-state index contributed by atoms with van der Waals surface area (Å²) in [6.07, 6.45) is 4.66. The molecule has 5 rings (SSSR count). The SMILES string of the molecule is c1cc2cn[nH]c2cc1NC[C@@H]1CN2CCC1CC2. The van der Waals surface area contributed by atoms with E-state index in [1.165, 1.54) is 43.5 Å². The van der Waals surface area contributed by atoms with Gasteiger partial charge in [0.2, 0.25) is 0 Å². The molecule has 0 radical (unpaired) electrons. The molecule has 3 saturated heterocycles. The van der Waals surface area contributed by atoms with Gasteiger partial charge in [-0.2, -0.15) is 5.10 Å². The van der Waals surface area contributed by atoms with Gasteiger partial charge in [-0.1, -0.05) is 0 Å². The van der Waals surface area contributed by atoms with Gasteiger partial charge in [-0.25, -0.2) is 0 Å². The molecule has 1 atom stereocenters. The smallest absolute Gasteiger partial charge is 0.0670 e. The summed E-state index contributed by atoms with van der Waals surface area (Å²) in [5.41, 5.74) is 2.31. The first-order chi connectivity index (χ1) is 9.38. The number of nitrogens with one attached hydrogen (secondary N) is 2. The van der Waals surface area contributed by atoms with Crippen LogP contribution in [0.4, 0.5) is 5.69 Å². The Kier molecular flexibility index (Phi) is 2.69. The Morgan fingerprint density at radius 1 is 1.32 bits per heavy atom. The molecule has 3 aliphatic rings. The molecule has 4 heterocycles. The highest BCUT2D eigenvalue weighted by molar-refractivity contribution is 5.81. The van der Waals surface area contributed by atoms with Gasteiger partial charge in [-0.3, -0.25) is 5.10 Å². The minimum absolute atomic E-state index is 0.819. The van der Waals surface area contributed by atoms with Crippen molar-refractivity contribution in [1.82, 2.24) is 15.1 Å². The van der Waals surface area contributed by atoms with Crippen molar-refractivity contribution < 1.29 is 0 Å². The highest BCUT2D eigenvalue weighted by Crippen LogP contribution is 2.32. The van der Waals surface area contributed by atoms with Crippen molar-refractivity contribution >= 4 is 16.6 Å². The summed E-state index contributed by atoms with van der Waals surface area (Å²) in [5.74, 6) is 1.76. The molecule has 2 bridgehead atoms. The van der Waals surface area contributed by atoms with Crippen LogP contribution < -0.4 is 5.32 Å². The molecule has 0 unspecified atom stereocenters. The van der Waals surface area contributed by atoms with Gasteiger partial charge in [0.05, 0.1) is 11.7 Å². The number of piperidine rings is 3. The van der Waals surface area contributed by atoms with Crippen LogP contribution in [0.15, 0.2) is 24.4 Å². The van der Waals surface area contributed by atoms with Gasteiger partial charge in [0.15, 0.2) is 0 Å². The van der Waals surface area contributed by atoms with Crippen LogP contribution in [0.25, 0.3) is 10.9 Å². The second-order valence-corrected chi connectivity index (χ2v) is 5.95. The first-order valence-corrected chi connectivity index (χ1v) is 7.28. The number of anilines is 1. The highest BCUT2D eigenvalue weighted by Gasteiger charge is 2.33. The molecule has 100 valence electrons. The topological polar surface area (TPSA) is 44.0 Å². The van der Waals surface area contributed by atoms with Crippen molar-refractivity contribution in [2.75, 3.05) is 31.5 Å². The molecule has 0 spiro atoms. The molecule has 1 aromatic carbocycles. The van der Waals surface area contributed by atoms with E-state index in [1.54, 1.807) is 0 Å². The van der Waals surface area contributed by atoms with E-state index >= 15 is 0 Å². The van der Waals surface area contributed by atoms with E-state index in [0.717, 1.165) is 23.9 Å². The second kappa shape index (κ2) is 4.53. The normalized spacial score (nSPS) is 29.8. The predicted octanol–water partition coefficient (Wildman–Crippen LogP) is 2.32. The van der Waals surface area contributed by atoms with Gasteiger partial charge < -0.3 is 10.2 Å². The Bertz CT molecular complexity index is 568. The summed E-state index contributed by atoms with van der Waals surface area (Å²) in [4.78, 5) is 2.62. The van der Waals surface area contributed by atoms with E-state index in [1.807, 2.05) is 6.20 Å². The fourth-order valence-corrected chi connectivity index (χ4v) is 3.61. The number of aromatic nitrogens is 2. The van der Waals surface area contributed by atoms with Gasteiger partial charge in [0, 0.05) is 24.2 Å². The lowest BCUT2D eigenvalue weighted by atomic mass is 9.79. The van der Waals surface area contributed by atoms with Crippen LogP contribution >= 0.6 is 0 Å². The van der Waals surface area contributed by atoms with E-state index in [-0.39, 0.29) is 0 Å². The summed E-state index contributed by atoms with van der Waals surface area (Å²) in [6, 6.07) is 6.43. The van der Waals surface area contributed by atoms with Crippen molar-refractivity contribution in [3.05, 3.63) is 24.4 Å². The summed E-state index contributed by atoms with van der Waals surface area (Å²) >= 11 is 0. The molecule has 0 aliphatic carbocycles. The van der Waals surface area contributed by atoms with Crippen LogP contribution in [-0.2, 0) is 0 Å². The van der Waals surface area contributed by atoms with E-state index < -0.39 is 0 Å². The lowest BCUT2D eigenvalue weighted by molar-refractivity contribution is 0.0574. The van der Waals surface area contributed by atoms with Gasteiger partial charge in [-0.15, -0.1) is 0 Å². The number of rotatable bonds is 3. The largest absolute Gasteiger partial charge is 0.385 e. The summed E-state index contributed by atoms with van der Waals surface area (Å²) in [5, 5.41) is 11.9. The Labute approximate surface area is 113 Å². The molecule has 0 saturated carbocycles. The molecule has 2 N–H and O–H groups in total. The summed E-state index contributed by atoms with van der Waals surface area (Å²) < 4.78 is 0. The average molecular weight is 256 g/mol. The molecule has 3 fully saturated rings. The van der Waals surface area contributed by atoms with Crippen LogP contribution in [0.3, 0.4) is 0 Å². The van der Waals surface area contributed by atoms with Gasteiger partial charge in [0.25, 0.3) is 0 Å². The first kappa shape index (κ1) is 11.3. The maximum atomic E-state index is 4.06. The van der Waals surface area contributed by atoms with Crippen LogP contribution in [-0.4, -0.2) is 41.3 Å². The van der Waals surface area contributed by atoms with E-state index in [4.69, 9.17) is 0 Å². The fraction of sp³-hybridized carbons (Fsp3) is 0.533. The van der Waals surface area contributed by atoms with Crippen LogP contribution in [0.5, 0.6) is 0 Å².